The van der Waals surface area contributed by atoms with Gasteiger partial charge in [-0.2, -0.15) is 0 Å². The summed E-state index contributed by atoms with van der Waals surface area (Å²) in [5.41, 5.74) is 1.28. The normalized spacial score (nSPS) is 15.6. The molecular weight excluding hydrogens is 282 g/mol. The Kier molecular flexibility index (Phi) is 2.92. The number of hydrogen-bond acceptors (Lipinski definition) is 4. The molecule has 7 heteroatoms. The number of aromatic amines is 1. The highest BCUT2D eigenvalue weighted by Gasteiger charge is 2.23. The molecule has 2 N–H and O–H groups in total. The molecule has 2 aromatic heterocycles. The topological polar surface area (TPSA) is 92.2 Å². The molecule has 0 radical (unpaired) electrons. The lowest BCUT2D eigenvalue weighted by molar-refractivity contribution is 0.0934. The Labute approximate surface area is 125 Å². The summed E-state index contributed by atoms with van der Waals surface area (Å²) < 4.78 is 1.43. The summed E-state index contributed by atoms with van der Waals surface area (Å²) in [6, 6.07) is 7.46. The van der Waals surface area contributed by atoms with Crippen molar-refractivity contribution in [2.24, 2.45) is 0 Å². The van der Waals surface area contributed by atoms with Crippen molar-refractivity contribution in [2.75, 3.05) is 0 Å². The van der Waals surface area contributed by atoms with Gasteiger partial charge in [0.2, 0.25) is 0 Å². The zero-order valence-electron chi connectivity index (χ0n) is 11.9. The predicted octanol–water partition coefficient (Wildman–Crippen LogP) is 1.24. The Hall–Kier alpha value is -2.70. The quantitative estimate of drug-likeness (QED) is 0.744. The van der Waals surface area contributed by atoms with E-state index in [4.69, 9.17) is 0 Å². The van der Waals surface area contributed by atoms with Gasteiger partial charge in [-0.05, 0) is 25.0 Å². The van der Waals surface area contributed by atoms with Crippen LogP contribution in [0.4, 0.5) is 0 Å². The Morgan fingerprint density at radius 3 is 2.86 bits per heavy atom. The highest BCUT2D eigenvalue weighted by atomic mass is 16.2. The first kappa shape index (κ1) is 13.0. The van der Waals surface area contributed by atoms with Crippen LogP contribution in [0.5, 0.6) is 0 Å². The third-order valence-corrected chi connectivity index (χ3v) is 4.17. The van der Waals surface area contributed by atoms with Gasteiger partial charge in [-0.3, -0.25) is 9.59 Å². The second kappa shape index (κ2) is 4.94. The number of para-hydroxylation sites is 2. The SMILES string of the molecule is O=C(NC1CCCC1)c1nnn2c1c(=O)[nH]c1ccccc12. The molecule has 4 rings (SSSR count). The molecule has 1 saturated carbocycles. The second-order valence-electron chi connectivity index (χ2n) is 5.62. The number of amides is 1. The van der Waals surface area contributed by atoms with Crippen molar-refractivity contribution >= 4 is 22.5 Å². The molecule has 1 amide bonds. The van der Waals surface area contributed by atoms with Gasteiger partial charge >= 0.3 is 0 Å². The van der Waals surface area contributed by atoms with Crippen LogP contribution in [-0.4, -0.2) is 31.8 Å². The van der Waals surface area contributed by atoms with E-state index in [0.717, 1.165) is 25.7 Å². The van der Waals surface area contributed by atoms with Crippen LogP contribution in [0.3, 0.4) is 0 Å². The lowest BCUT2D eigenvalue weighted by atomic mass is 10.2. The number of nitrogens with one attached hydrogen (secondary N) is 2. The maximum absolute atomic E-state index is 12.4. The average molecular weight is 297 g/mol. The first-order valence-electron chi connectivity index (χ1n) is 7.41. The van der Waals surface area contributed by atoms with E-state index in [9.17, 15) is 9.59 Å². The van der Waals surface area contributed by atoms with Crippen molar-refractivity contribution < 1.29 is 4.79 Å². The van der Waals surface area contributed by atoms with E-state index < -0.39 is 0 Å². The van der Waals surface area contributed by atoms with Gasteiger partial charge in [0.15, 0.2) is 11.2 Å². The first-order chi connectivity index (χ1) is 10.7. The number of hydrogen-bond donors (Lipinski definition) is 2. The lowest BCUT2D eigenvalue weighted by Crippen LogP contribution is -2.33. The monoisotopic (exact) mass is 297 g/mol. The fourth-order valence-electron chi connectivity index (χ4n) is 3.08. The van der Waals surface area contributed by atoms with Gasteiger partial charge in [0, 0.05) is 6.04 Å². The minimum Gasteiger partial charge on any atom is -0.348 e. The summed E-state index contributed by atoms with van der Waals surface area (Å²) in [6.45, 7) is 0. The van der Waals surface area contributed by atoms with Crippen LogP contribution in [0.15, 0.2) is 29.1 Å². The number of H-pyrrole nitrogens is 1. The number of carbonyl (C=O) groups is 1. The maximum atomic E-state index is 12.4. The van der Waals surface area contributed by atoms with E-state index >= 15 is 0 Å². The molecule has 3 aromatic rings. The fourth-order valence-corrected chi connectivity index (χ4v) is 3.08. The van der Waals surface area contributed by atoms with Crippen LogP contribution in [0.25, 0.3) is 16.6 Å². The van der Waals surface area contributed by atoms with E-state index in [2.05, 4.69) is 20.6 Å². The van der Waals surface area contributed by atoms with Crippen molar-refractivity contribution in [2.45, 2.75) is 31.7 Å². The van der Waals surface area contributed by atoms with Crippen molar-refractivity contribution in [3.05, 3.63) is 40.3 Å². The Morgan fingerprint density at radius 1 is 1.27 bits per heavy atom. The third-order valence-electron chi connectivity index (χ3n) is 4.17. The van der Waals surface area contributed by atoms with E-state index in [1.807, 2.05) is 18.2 Å². The standard InChI is InChI=1S/C15H15N5O2/c21-14(16-9-5-1-2-6-9)12-13-15(22)17-10-7-3-4-8-11(10)20(13)19-18-12/h3-4,7-9H,1-2,5-6H2,(H,16,21)(H,17,22). The van der Waals surface area contributed by atoms with Crippen LogP contribution in [0.2, 0.25) is 0 Å². The molecule has 0 aliphatic heterocycles. The molecule has 22 heavy (non-hydrogen) atoms. The molecule has 0 atom stereocenters. The fraction of sp³-hybridized carbons (Fsp3) is 0.333. The summed E-state index contributed by atoms with van der Waals surface area (Å²) in [6.07, 6.45) is 4.20. The van der Waals surface area contributed by atoms with Gasteiger partial charge < -0.3 is 10.3 Å². The van der Waals surface area contributed by atoms with Crippen LogP contribution in [0.1, 0.15) is 36.2 Å². The molecule has 1 aliphatic rings. The second-order valence-corrected chi connectivity index (χ2v) is 5.62. The molecule has 1 aromatic carbocycles. The van der Waals surface area contributed by atoms with E-state index in [0.29, 0.717) is 11.0 Å². The first-order valence-corrected chi connectivity index (χ1v) is 7.41. The number of carbonyl (C=O) groups excluding carboxylic acids is 1. The number of aromatic nitrogens is 4. The summed E-state index contributed by atoms with van der Waals surface area (Å²) in [7, 11) is 0. The van der Waals surface area contributed by atoms with Gasteiger partial charge in [0.05, 0.1) is 11.0 Å². The average Bonchev–Trinajstić information content (AvgIpc) is 3.16. The molecule has 2 heterocycles. The molecule has 0 spiro atoms. The third kappa shape index (κ3) is 1.97. The van der Waals surface area contributed by atoms with Crippen molar-refractivity contribution in [1.29, 1.82) is 0 Å². The van der Waals surface area contributed by atoms with Crippen LogP contribution < -0.4 is 10.9 Å². The maximum Gasteiger partial charge on any atom is 0.277 e. The molecule has 0 saturated heterocycles. The minimum atomic E-state index is -0.361. The van der Waals surface area contributed by atoms with Crippen molar-refractivity contribution in [3.8, 4) is 0 Å². The molecule has 1 aliphatic carbocycles. The van der Waals surface area contributed by atoms with Crippen LogP contribution >= 0.6 is 0 Å². The van der Waals surface area contributed by atoms with Gasteiger partial charge in [0.25, 0.3) is 11.5 Å². The largest absolute Gasteiger partial charge is 0.348 e. The van der Waals surface area contributed by atoms with Gasteiger partial charge in [-0.15, -0.1) is 5.10 Å². The highest BCUT2D eigenvalue weighted by Crippen LogP contribution is 2.18. The molecular formula is C15H15N5O2. The Balaban J connectivity index is 1.83. The number of rotatable bonds is 2. The van der Waals surface area contributed by atoms with Crippen molar-refractivity contribution in [1.82, 2.24) is 25.1 Å². The van der Waals surface area contributed by atoms with E-state index in [1.54, 1.807) is 6.07 Å². The molecule has 0 bridgehead atoms. The zero-order chi connectivity index (χ0) is 15.1. The van der Waals surface area contributed by atoms with Gasteiger partial charge in [0.1, 0.15) is 0 Å². The predicted molar refractivity (Wildman–Crippen MR) is 80.8 cm³/mol. The van der Waals surface area contributed by atoms with E-state index in [-0.39, 0.29) is 28.7 Å². The van der Waals surface area contributed by atoms with Gasteiger partial charge in [-0.1, -0.05) is 30.2 Å². The number of nitrogens with zero attached hydrogens (tertiary/aromatic N) is 3. The molecule has 1 fully saturated rings. The minimum absolute atomic E-state index is 0.0823. The zero-order valence-corrected chi connectivity index (χ0v) is 11.9. The summed E-state index contributed by atoms with van der Waals surface area (Å²) >= 11 is 0. The summed E-state index contributed by atoms with van der Waals surface area (Å²) in [5.74, 6) is -0.331. The molecule has 112 valence electrons. The molecule has 0 unspecified atom stereocenters. The number of benzene rings is 1. The summed E-state index contributed by atoms with van der Waals surface area (Å²) in [5, 5.41) is 10.9. The summed E-state index contributed by atoms with van der Waals surface area (Å²) in [4.78, 5) is 27.4. The van der Waals surface area contributed by atoms with Crippen LogP contribution in [0, 0.1) is 0 Å². The van der Waals surface area contributed by atoms with Gasteiger partial charge in [-0.25, -0.2) is 4.52 Å². The highest BCUT2D eigenvalue weighted by molar-refractivity contribution is 5.99. The number of fused-ring (bicyclic) bond motifs is 3. The Morgan fingerprint density at radius 2 is 2.05 bits per heavy atom. The Bertz CT molecular complexity index is 920. The smallest absolute Gasteiger partial charge is 0.277 e. The lowest BCUT2D eigenvalue weighted by Gasteiger charge is -2.10. The van der Waals surface area contributed by atoms with E-state index in [1.165, 1.54) is 4.52 Å². The van der Waals surface area contributed by atoms with Crippen LogP contribution in [-0.2, 0) is 0 Å². The molecule has 7 nitrogen and oxygen atoms in total. The van der Waals surface area contributed by atoms with Crippen molar-refractivity contribution in [3.63, 3.8) is 0 Å².